The van der Waals surface area contributed by atoms with Crippen molar-refractivity contribution in [1.82, 2.24) is 19.5 Å². The van der Waals surface area contributed by atoms with Crippen molar-refractivity contribution >= 4 is 15.9 Å². The van der Waals surface area contributed by atoms with E-state index in [0.29, 0.717) is 18.0 Å². The number of amidine groups is 1. The topological polar surface area (TPSA) is 124 Å². The van der Waals surface area contributed by atoms with Gasteiger partial charge in [-0.1, -0.05) is 35.5 Å². The van der Waals surface area contributed by atoms with E-state index in [4.69, 9.17) is 10.6 Å². The molecule has 0 saturated carbocycles. The predicted octanol–water partition coefficient (Wildman–Crippen LogP) is 1.81. The van der Waals surface area contributed by atoms with Crippen molar-refractivity contribution in [3.63, 3.8) is 0 Å². The molecule has 2 heterocycles. The van der Waals surface area contributed by atoms with Crippen molar-refractivity contribution in [2.24, 2.45) is 10.9 Å². The minimum atomic E-state index is -3.79. The summed E-state index contributed by atoms with van der Waals surface area (Å²) >= 11 is 0. The van der Waals surface area contributed by atoms with Gasteiger partial charge in [-0.2, -0.15) is 5.10 Å². The zero-order valence-electron chi connectivity index (χ0n) is 16.3. The Kier molecular flexibility index (Phi) is 5.95. The maximum Gasteiger partial charge on any atom is 0.244 e. The number of benzene rings is 1. The van der Waals surface area contributed by atoms with Crippen LogP contribution in [0.1, 0.15) is 18.3 Å². The molecule has 0 aliphatic rings. The second-order valence-corrected chi connectivity index (χ2v) is 7.92. The summed E-state index contributed by atoms with van der Waals surface area (Å²) in [6.07, 6.45) is 0. The molecule has 0 unspecified atom stereocenters. The predicted molar refractivity (Wildman–Crippen MR) is 110 cm³/mol. The molecule has 10 heteroatoms. The fourth-order valence-electron chi connectivity index (χ4n) is 2.67. The minimum Gasteiger partial charge on any atom is -0.394 e. The molecule has 0 bridgehead atoms. The lowest BCUT2D eigenvalue weighted by atomic mass is 10.1. The summed E-state index contributed by atoms with van der Waals surface area (Å²) in [6.45, 7) is 3.94. The van der Waals surface area contributed by atoms with Crippen LogP contribution in [0.3, 0.4) is 0 Å². The molecule has 0 spiro atoms. The van der Waals surface area contributed by atoms with Gasteiger partial charge in [-0.15, -0.1) is 0 Å². The van der Waals surface area contributed by atoms with Crippen LogP contribution in [0.25, 0.3) is 17.1 Å². The third kappa shape index (κ3) is 4.28. The molecule has 0 aliphatic heterocycles. The Hall–Kier alpha value is -3.24. The van der Waals surface area contributed by atoms with Gasteiger partial charge < -0.3 is 10.6 Å². The summed E-state index contributed by atoms with van der Waals surface area (Å²) in [5, 5.41) is 8.34. The average molecular weight is 414 g/mol. The number of sulfonamides is 1. The van der Waals surface area contributed by atoms with E-state index in [9.17, 15) is 8.42 Å². The smallest absolute Gasteiger partial charge is 0.244 e. The molecule has 0 aliphatic carbocycles. The number of aryl methyl sites for hydroxylation is 1. The molecule has 3 rings (SSSR count). The minimum absolute atomic E-state index is 0.0289. The average Bonchev–Trinajstić information content (AvgIpc) is 3.13. The van der Waals surface area contributed by atoms with Crippen LogP contribution in [0.5, 0.6) is 0 Å². The molecule has 3 aromatic rings. The molecular formula is C19H22N6O3S. The third-order valence-corrected chi connectivity index (χ3v) is 5.54. The lowest BCUT2D eigenvalue weighted by molar-refractivity contribution is 0.158. The second kappa shape index (κ2) is 8.41. The first-order valence-corrected chi connectivity index (χ1v) is 10.4. The van der Waals surface area contributed by atoms with E-state index >= 15 is 0 Å². The van der Waals surface area contributed by atoms with Crippen LogP contribution in [-0.2, 0) is 14.9 Å². The summed E-state index contributed by atoms with van der Waals surface area (Å²) in [7, 11) is -2.46. The van der Waals surface area contributed by atoms with Crippen molar-refractivity contribution in [2.75, 3.05) is 13.7 Å². The Balaban J connectivity index is 2.20. The summed E-state index contributed by atoms with van der Waals surface area (Å²) in [4.78, 5) is 9.36. The molecule has 3 N–H and O–H groups in total. The first-order chi connectivity index (χ1) is 13.9. The Morgan fingerprint density at radius 3 is 2.62 bits per heavy atom. The van der Waals surface area contributed by atoms with Gasteiger partial charge in [0.15, 0.2) is 11.7 Å². The fraction of sp³-hybridized carbons (Fsp3) is 0.211. The summed E-state index contributed by atoms with van der Waals surface area (Å²) in [6, 6.07) is 14.3. The molecule has 9 nitrogen and oxygen atoms in total. The number of hydrogen-bond acceptors (Lipinski definition) is 6. The normalized spacial score (nSPS) is 12.2. The molecule has 0 atom stereocenters. The maximum absolute atomic E-state index is 12.6. The third-order valence-electron chi connectivity index (χ3n) is 4.11. The summed E-state index contributed by atoms with van der Waals surface area (Å²) in [5.41, 5.74) is 8.51. The zero-order chi connectivity index (χ0) is 21.0. The van der Waals surface area contributed by atoms with E-state index in [0.717, 1.165) is 5.56 Å². The lowest BCUT2D eigenvalue weighted by Gasteiger charge is -2.12. The number of nitrogens with one attached hydrogen (secondary N) is 1. The molecule has 0 amide bonds. The van der Waals surface area contributed by atoms with Crippen molar-refractivity contribution < 1.29 is 13.3 Å². The number of oxime groups is 1. The van der Waals surface area contributed by atoms with Crippen LogP contribution in [0, 0.1) is 6.92 Å². The number of aromatic nitrogens is 3. The van der Waals surface area contributed by atoms with Crippen molar-refractivity contribution in [2.45, 2.75) is 18.7 Å². The van der Waals surface area contributed by atoms with Crippen molar-refractivity contribution in [3.8, 4) is 17.1 Å². The van der Waals surface area contributed by atoms with Crippen LogP contribution < -0.4 is 10.5 Å². The van der Waals surface area contributed by atoms with Crippen molar-refractivity contribution in [1.29, 1.82) is 0 Å². The Morgan fingerprint density at radius 2 is 1.97 bits per heavy atom. The molecule has 29 heavy (non-hydrogen) atoms. The largest absolute Gasteiger partial charge is 0.394 e. The monoisotopic (exact) mass is 414 g/mol. The molecule has 2 aromatic heterocycles. The van der Waals surface area contributed by atoms with Crippen LogP contribution in [0.15, 0.2) is 58.6 Å². The number of nitrogens with zero attached hydrogens (tertiary/aromatic N) is 4. The lowest BCUT2D eigenvalue weighted by Crippen LogP contribution is -2.24. The second-order valence-electron chi connectivity index (χ2n) is 6.07. The van der Waals surface area contributed by atoms with E-state index in [1.54, 1.807) is 6.92 Å². The molecule has 1 aromatic carbocycles. The highest BCUT2D eigenvalue weighted by Gasteiger charge is 2.23. The molecular weight excluding hydrogens is 392 g/mol. The highest BCUT2D eigenvalue weighted by molar-refractivity contribution is 7.89. The van der Waals surface area contributed by atoms with Gasteiger partial charge in [0.05, 0.1) is 5.69 Å². The van der Waals surface area contributed by atoms with Crippen LogP contribution in [0.4, 0.5) is 0 Å². The molecule has 0 radical (unpaired) electrons. The molecule has 0 saturated heterocycles. The van der Waals surface area contributed by atoms with Gasteiger partial charge in [0.25, 0.3) is 0 Å². The summed E-state index contributed by atoms with van der Waals surface area (Å²) < 4.78 is 28.9. The zero-order valence-corrected chi connectivity index (χ0v) is 17.1. The number of nitrogens with two attached hydrogens (primary N) is 1. The maximum atomic E-state index is 12.6. The Labute approximate surface area is 169 Å². The van der Waals surface area contributed by atoms with Gasteiger partial charge in [0.2, 0.25) is 10.0 Å². The van der Waals surface area contributed by atoms with Gasteiger partial charge in [-0.3, -0.25) is 0 Å². The van der Waals surface area contributed by atoms with Gasteiger partial charge in [0, 0.05) is 11.3 Å². The standard InChI is InChI=1S/C19H22N6O3S/c1-4-28-24-18(20)15-10-11-17(29(26,27)21-3)19(22-15)25-13(2)12-16(23-25)14-8-6-5-7-9-14/h5-12,21H,4H2,1-3H3,(H2,20,24). The van der Waals surface area contributed by atoms with Crippen molar-refractivity contribution in [3.05, 3.63) is 59.9 Å². The Bertz CT molecular complexity index is 1140. The molecule has 0 fully saturated rings. The van der Waals surface area contributed by atoms with Crippen LogP contribution in [0.2, 0.25) is 0 Å². The van der Waals surface area contributed by atoms with Gasteiger partial charge >= 0.3 is 0 Å². The van der Waals surface area contributed by atoms with Gasteiger partial charge in [-0.25, -0.2) is 22.8 Å². The fourth-order valence-corrected chi connectivity index (χ4v) is 3.51. The van der Waals surface area contributed by atoms with Crippen LogP contribution >= 0.6 is 0 Å². The summed E-state index contributed by atoms with van der Waals surface area (Å²) in [5.74, 6) is 0.153. The van der Waals surface area contributed by atoms with Crippen LogP contribution in [-0.4, -0.2) is 42.7 Å². The number of hydrogen-bond donors (Lipinski definition) is 2. The first-order valence-electron chi connectivity index (χ1n) is 8.90. The van der Waals surface area contributed by atoms with E-state index in [1.165, 1.54) is 23.9 Å². The highest BCUT2D eigenvalue weighted by atomic mass is 32.2. The SMILES string of the molecule is CCON=C(N)c1ccc(S(=O)(=O)NC)c(-n2nc(-c3ccccc3)cc2C)n1. The number of rotatable bonds is 7. The van der Waals surface area contributed by atoms with E-state index < -0.39 is 10.0 Å². The molecule has 152 valence electrons. The highest BCUT2D eigenvalue weighted by Crippen LogP contribution is 2.24. The van der Waals surface area contributed by atoms with Gasteiger partial charge in [-0.05, 0) is 39.1 Å². The first kappa shape index (κ1) is 20.5. The quantitative estimate of drug-likeness (QED) is 0.345. The van der Waals surface area contributed by atoms with E-state index in [-0.39, 0.29) is 22.2 Å². The van der Waals surface area contributed by atoms with E-state index in [2.05, 4.69) is 20.0 Å². The van der Waals surface area contributed by atoms with Gasteiger partial charge in [0.1, 0.15) is 17.2 Å². The van der Waals surface area contributed by atoms with E-state index in [1.807, 2.05) is 43.3 Å². The Morgan fingerprint density at radius 1 is 1.24 bits per heavy atom. The number of pyridine rings is 1.